The van der Waals surface area contributed by atoms with Gasteiger partial charge in [-0.2, -0.15) is 0 Å². The first-order valence-electron chi connectivity index (χ1n) is 9.06. The molecule has 0 atom stereocenters. The van der Waals surface area contributed by atoms with Crippen molar-refractivity contribution in [3.8, 4) is 11.5 Å². The van der Waals surface area contributed by atoms with E-state index < -0.39 is 30.4 Å². The number of carbonyl (C=O) groups excluding carboxylic acids is 4. The number of hydrogen-bond donors (Lipinski definition) is 1. The second kappa shape index (κ2) is 9.31. The van der Waals surface area contributed by atoms with Crippen LogP contribution < -0.4 is 24.8 Å². The molecule has 0 radical (unpaired) electrons. The van der Waals surface area contributed by atoms with Gasteiger partial charge in [-0.05, 0) is 48.9 Å². The first-order chi connectivity index (χ1) is 14.8. The third kappa shape index (κ3) is 5.01. The number of nitrogens with one attached hydrogen (secondary N) is 1. The van der Waals surface area contributed by atoms with E-state index in [9.17, 15) is 24.3 Å². The van der Waals surface area contributed by atoms with Crippen LogP contribution in [0.25, 0.3) is 6.08 Å². The predicted octanol–water partition coefficient (Wildman–Crippen LogP) is 1.53. The lowest BCUT2D eigenvalue weighted by Crippen LogP contribution is -2.54. The highest BCUT2D eigenvalue weighted by Gasteiger charge is 2.36. The highest BCUT2D eigenvalue weighted by atomic mass is 35.5. The van der Waals surface area contributed by atoms with Crippen LogP contribution in [0.15, 0.2) is 48.0 Å². The molecule has 31 heavy (non-hydrogen) atoms. The summed E-state index contributed by atoms with van der Waals surface area (Å²) in [5, 5.41) is 13.1. The van der Waals surface area contributed by atoms with Crippen LogP contribution in [0.2, 0.25) is 5.02 Å². The van der Waals surface area contributed by atoms with Crippen molar-refractivity contribution in [2.24, 2.45) is 0 Å². The summed E-state index contributed by atoms with van der Waals surface area (Å²) in [4.78, 5) is 48.9. The molecule has 160 valence electrons. The van der Waals surface area contributed by atoms with E-state index in [0.29, 0.717) is 10.6 Å². The number of anilines is 1. The summed E-state index contributed by atoms with van der Waals surface area (Å²) in [5.41, 5.74) is 0.308. The summed E-state index contributed by atoms with van der Waals surface area (Å²) in [5.74, 6) is -2.72. The van der Waals surface area contributed by atoms with E-state index in [1.54, 1.807) is 19.1 Å². The van der Waals surface area contributed by atoms with E-state index >= 15 is 0 Å². The maximum absolute atomic E-state index is 12.9. The molecule has 1 aliphatic heterocycles. The molecule has 10 heteroatoms. The van der Waals surface area contributed by atoms with Crippen LogP contribution in [-0.4, -0.2) is 37.0 Å². The molecule has 1 N–H and O–H groups in total. The molecule has 1 fully saturated rings. The Morgan fingerprint density at radius 2 is 1.90 bits per heavy atom. The van der Waals surface area contributed by atoms with Gasteiger partial charge >= 0.3 is 6.03 Å². The maximum atomic E-state index is 12.9. The van der Waals surface area contributed by atoms with E-state index in [1.807, 2.05) is 0 Å². The van der Waals surface area contributed by atoms with Crippen molar-refractivity contribution in [1.82, 2.24) is 5.32 Å². The van der Waals surface area contributed by atoms with Gasteiger partial charge in [-0.3, -0.25) is 14.9 Å². The molecule has 0 unspecified atom stereocenters. The first-order valence-corrected chi connectivity index (χ1v) is 9.44. The zero-order chi connectivity index (χ0) is 22.5. The second-order valence-corrected chi connectivity index (χ2v) is 6.67. The van der Waals surface area contributed by atoms with E-state index in [-0.39, 0.29) is 29.4 Å². The quantitative estimate of drug-likeness (QED) is 0.508. The Morgan fingerprint density at radius 3 is 2.58 bits per heavy atom. The molecule has 9 nitrogen and oxygen atoms in total. The van der Waals surface area contributed by atoms with Crippen molar-refractivity contribution in [3.63, 3.8) is 0 Å². The van der Waals surface area contributed by atoms with Crippen molar-refractivity contribution >= 4 is 47.2 Å². The third-order valence-corrected chi connectivity index (χ3v) is 4.33. The fourth-order valence-corrected chi connectivity index (χ4v) is 3.00. The molecule has 4 amide bonds. The molecule has 2 aromatic rings. The van der Waals surface area contributed by atoms with E-state index in [1.165, 1.54) is 36.4 Å². The minimum absolute atomic E-state index is 0.156. The zero-order valence-corrected chi connectivity index (χ0v) is 17.0. The van der Waals surface area contributed by atoms with Crippen LogP contribution in [0.1, 0.15) is 12.5 Å². The van der Waals surface area contributed by atoms with Gasteiger partial charge in [-0.1, -0.05) is 23.7 Å². The van der Waals surface area contributed by atoms with E-state index in [2.05, 4.69) is 5.32 Å². The molecule has 1 aliphatic rings. The van der Waals surface area contributed by atoms with Gasteiger partial charge in [0.2, 0.25) is 0 Å². The van der Waals surface area contributed by atoms with Crippen molar-refractivity contribution in [2.75, 3.05) is 18.1 Å². The van der Waals surface area contributed by atoms with Crippen molar-refractivity contribution in [1.29, 1.82) is 0 Å². The number of barbiturate groups is 1. The SMILES string of the molecule is CCOc1cc(/C=C2/C(=O)NC(=O)N(c3cccc(Cl)c3)C2=O)ccc1OCC(=O)[O-]. The topological polar surface area (TPSA) is 125 Å². The number of benzene rings is 2. The Kier molecular flexibility index (Phi) is 6.56. The fourth-order valence-electron chi connectivity index (χ4n) is 2.81. The Balaban J connectivity index is 1.96. The van der Waals surface area contributed by atoms with Crippen molar-refractivity contribution in [2.45, 2.75) is 6.92 Å². The molecule has 1 heterocycles. The van der Waals surface area contributed by atoms with Gasteiger partial charge in [0.05, 0.1) is 18.3 Å². The molecule has 0 aliphatic carbocycles. The number of amides is 4. The van der Waals surface area contributed by atoms with Gasteiger partial charge in [0.1, 0.15) is 12.2 Å². The molecule has 0 aromatic heterocycles. The summed E-state index contributed by atoms with van der Waals surface area (Å²) >= 11 is 5.94. The summed E-state index contributed by atoms with van der Waals surface area (Å²) in [6.07, 6.45) is 1.28. The maximum Gasteiger partial charge on any atom is 0.335 e. The molecular formula is C21H16ClN2O7-. The van der Waals surface area contributed by atoms with E-state index in [4.69, 9.17) is 21.1 Å². The average molecular weight is 444 g/mol. The normalized spacial score (nSPS) is 15.1. The van der Waals surface area contributed by atoms with Gasteiger partial charge in [0.15, 0.2) is 11.5 Å². The Morgan fingerprint density at radius 1 is 1.13 bits per heavy atom. The van der Waals surface area contributed by atoms with Crippen LogP contribution in [0, 0.1) is 0 Å². The second-order valence-electron chi connectivity index (χ2n) is 6.24. The number of imide groups is 2. The van der Waals surface area contributed by atoms with Crippen LogP contribution in [0.5, 0.6) is 11.5 Å². The fraction of sp³-hybridized carbons (Fsp3) is 0.143. The van der Waals surface area contributed by atoms with Crippen molar-refractivity contribution < 1.29 is 33.8 Å². The zero-order valence-electron chi connectivity index (χ0n) is 16.2. The van der Waals surface area contributed by atoms with Crippen LogP contribution in [0.3, 0.4) is 0 Å². The standard InChI is InChI=1S/C21H17ClN2O7/c1-2-30-17-9-12(6-7-16(17)31-11-18(25)26)8-15-19(27)23-21(29)24(20(15)28)14-5-3-4-13(22)10-14/h3-10H,2,11H2,1H3,(H,25,26)(H,23,27,29)/p-1/b15-8-. The largest absolute Gasteiger partial charge is 0.546 e. The van der Waals surface area contributed by atoms with Crippen LogP contribution in [0.4, 0.5) is 10.5 Å². The molecule has 0 spiro atoms. The van der Waals surface area contributed by atoms with Gasteiger partial charge in [0, 0.05) is 5.02 Å². The lowest BCUT2D eigenvalue weighted by Gasteiger charge is -2.26. The number of nitrogens with zero attached hydrogens (tertiary/aromatic N) is 1. The van der Waals surface area contributed by atoms with Gasteiger partial charge < -0.3 is 19.4 Å². The molecule has 1 saturated heterocycles. The molecule has 3 rings (SSSR count). The predicted molar refractivity (Wildman–Crippen MR) is 109 cm³/mol. The number of ether oxygens (including phenoxy) is 2. The minimum atomic E-state index is -1.40. The summed E-state index contributed by atoms with van der Waals surface area (Å²) in [6.45, 7) is 1.32. The summed E-state index contributed by atoms with van der Waals surface area (Å²) in [6, 6.07) is 9.59. The lowest BCUT2D eigenvalue weighted by molar-refractivity contribution is -0.307. The molecule has 2 aromatic carbocycles. The lowest BCUT2D eigenvalue weighted by atomic mass is 10.1. The van der Waals surface area contributed by atoms with Crippen molar-refractivity contribution in [3.05, 3.63) is 58.6 Å². The minimum Gasteiger partial charge on any atom is -0.546 e. The highest BCUT2D eigenvalue weighted by molar-refractivity contribution is 6.39. The number of rotatable bonds is 7. The monoisotopic (exact) mass is 443 g/mol. The number of halogens is 1. The van der Waals surface area contributed by atoms with Gasteiger partial charge in [-0.15, -0.1) is 0 Å². The number of carboxylic acids is 1. The van der Waals surface area contributed by atoms with Gasteiger partial charge in [0.25, 0.3) is 11.8 Å². The number of carboxylic acid groups (broad SMARTS) is 1. The average Bonchev–Trinajstić information content (AvgIpc) is 2.70. The Bertz CT molecular complexity index is 1100. The Hall–Kier alpha value is -3.85. The van der Waals surface area contributed by atoms with E-state index in [0.717, 1.165) is 4.90 Å². The number of carbonyl (C=O) groups is 4. The Labute approximate surface area is 181 Å². The summed E-state index contributed by atoms with van der Waals surface area (Å²) < 4.78 is 10.6. The smallest absolute Gasteiger partial charge is 0.335 e. The third-order valence-electron chi connectivity index (χ3n) is 4.09. The number of hydrogen-bond acceptors (Lipinski definition) is 7. The first kappa shape index (κ1) is 21.8. The molecule has 0 bridgehead atoms. The molecular weight excluding hydrogens is 428 g/mol. The summed E-state index contributed by atoms with van der Waals surface area (Å²) in [7, 11) is 0. The number of urea groups is 1. The van der Waals surface area contributed by atoms with Gasteiger partial charge in [-0.25, -0.2) is 9.69 Å². The van der Waals surface area contributed by atoms with Crippen LogP contribution >= 0.6 is 11.6 Å². The van der Waals surface area contributed by atoms with Crippen LogP contribution in [-0.2, 0) is 14.4 Å². The molecule has 0 saturated carbocycles. The highest BCUT2D eigenvalue weighted by Crippen LogP contribution is 2.30. The number of aliphatic carboxylic acids is 1.